The summed E-state index contributed by atoms with van der Waals surface area (Å²) >= 11 is 0. The molecule has 0 spiro atoms. The molecule has 1 aromatic rings. The van der Waals surface area contributed by atoms with Gasteiger partial charge in [-0.25, -0.2) is 0 Å². The zero-order valence-electron chi connectivity index (χ0n) is 8.34. The molecular formula is C12H8N2O2. The SMILES string of the molecule is N#C/C=C(\C#N)c1ccc(CC(=O)O)cc1. The van der Waals surface area contributed by atoms with Crippen LogP contribution in [0, 0.1) is 22.7 Å². The molecule has 0 atom stereocenters. The van der Waals surface area contributed by atoms with Crippen LogP contribution in [0.5, 0.6) is 0 Å². The summed E-state index contributed by atoms with van der Waals surface area (Å²) in [6.45, 7) is 0. The van der Waals surface area contributed by atoms with Gasteiger partial charge in [-0.15, -0.1) is 0 Å². The van der Waals surface area contributed by atoms with Gasteiger partial charge in [0.05, 0.1) is 18.1 Å². The van der Waals surface area contributed by atoms with Crippen LogP contribution in [0.4, 0.5) is 0 Å². The highest BCUT2D eigenvalue weighted by molar-refractivity contribution is 5.78. The van der Waals surface area contributed by atoms with E-state index in [2.05, 4.69) is 0 Å². The maximum absolute atomic E-state index is 10.4. The molecule has 0 bridgehead atoms. The largest absolute Gasteiger partial charge is 0.481 e. The third-order valence-corrected chi connectivity index (χ3v) is 1.95. The van der Waals surface area contributed by atoms with Crippen molar-refractivity contribution in [3.8, 4) is 12.1 Å². The quantitative estimate of drug-likeness (QED) is 0.773. The van der Waals surface area contributed by atoms with E-state index < -0.39 is 5.97 Å². The van der Waals surface area contributed by atoms with Gasteiger partial charge in [0.15, 0.2) is 0 Å². The first-order chi connectivity index (χ1) is 7.67. The number of allylic oxidation sites excluding steroid dienone is 2. The van der Waals surface area contributed by atoms with Gasteiger partial charge in [0.25, 0.3) is 0 Å². The van der Waals surface area contributed by atoms with Crippen molar-refractivity contribution in [1.29, 1.82) is 10.5 Å². The highest BCUT2D eigenvalue weighted by Crippen LogP contribution is 2.14. The molecule has 78 valence electrons. The molecule has 4 heteroatoms. The number of carboxylic acid groups (broad SMARTS) is 1. The summed E-state index contributed by atoms with van der Waals surface area (Å²) < 4.78 is 0. The fourth-order valence-electron chi connectivity index (χ4n) is 1.22. The molecule has 1 N–H and O–H groups in total. The van der Waals surface area contributed by atoms with E-state index in [1.807, 2.05) is 6.07 Å². The fourth-order valence-corrected chi connectivity index (χ4v) is 1.22. The fraction of sp³-hybridized carbons (Fsp3) is 0.0833. The van der Waals surface area contributed by atoms with E-state index in [9.17, 15) is 4.79 Å². The summed E-state index contributed by atoms with van der Waals surface area (Å²) in [6.07, 6.45) is 1.11. The molecule has 0 unspecified atom stereocenters. The monoisotopic (exact) mass is 212 g/mol. The molecule has 0 saturated heterocycles. The number of aliphatic carboxylic acids is 1. The topological polar surface area (TPSA) is 84.9 Å². The van der Waals surface area contributed by atoms with E-state index in [1.54, 1.807) is 30.3 Å². The van der Waals surface area contributed by atoms with Gasteiger partial charge in [0, 0.05) is 6.08 Å². The first-order valence-electron chi connectivity index (χ1n) is 4.48. The van der Waals surface area contributed by atoms with E-state index in [4.69, 9.17) is 15.6 Å². The third kappa shape index (κ3) is 2.97. The van der Waals surface area contributed by atoms with Crippen molar-refractivity contribution in [3.63, 3.8) is 0 Å². The van der Waals surface area contributed by atoms with Crippen LogP contribution < -0.4 is 0 Å². The number of nitrogens with zero attached hydrogens (tertiary/aromatic N) is 2. The van der Waals surface area contributed by atoms with Crippen molar-refractivity contribution in [1.82, 2.24) is 0 Å². The lowest BCUT2D eigenvalue weighted by Crippen LogP contribution is -1.99. The Morgan fingerprint density at radius 1 is 1.31 bits per heavy atom. The number of hydrogen-bond donors (Lipinski definition) is 1. The molecule has 0 radical (unpaired) electrons. The van der Waals surface area contributed by atoms with E-state index in [1.165, 1.54) is 0 Å². The van der Waals surface area contributed by atoms with Gasteiger partial charge in [-0.1, -0.05) is 24.3 Å². The van der Waals surface area contributed by atoms with Gasteiger partial charge in [-0.3, -0.25) is 4.79 Å². The van der Waals surface area contributed by atoms with Crippen molar-refractivity contribution in [2.75, 3.05) is 0 Å². The molecule has 0 heterocycles. The number of carboxylic acids is 1. The van der Waals surface area contributed by atoms with E-state index in [0.29, 0.717) is 11.1 Å². The average Bonchev–Trinajstić information content (AvgIpc) is 2.26. The van der Waals surface area contributed by atoms with E-state index in [0.717, 1.165) is 6.08 Å². The first kappa shape index (κ1) is 11.5. The molecular weight excluding hydrogens is 204 g/mol. The molecule has 1 aromatic carbocycles. The van der Waals surface area contributed by atoms with E-state index >= 15 is 0 Å². The van der Waals surface area contributed by atoms with Gasteiger partial charge >= 0.3 is 5.97 Å². The smallest absolute Gasteiger partial charge is 0.307 e. The Kier molecular flexibility index (Phi) is 3.83. The van der Waals surface area contributed by atoms with Crippen LogP contribution in [0.3, 0.4) is 0 Å². The molecule has 0 aliphatic heterocycles. The van der Waals surface area contributed by atoms with Crippen LogP contribution in [0.1, 0.15) is 11.1 Å². The molecule has 0 aromatic heterocycles. The lowest BCUT2D eigenvalue weighted by molar-refractivity contribution is -0.136. The lowest BCUT2D eigenvalue weighted by atomic mass is 10.0. The Bertz CT molecular complexity index is 501. The second-order valence-electron chi connectivity index (χ2n) is 3.07. The molecule has 16 heavy (non-hydrogen) atoms. The highest BCUT2D eigenvalue weighted by Gasteiger charge is 2.03. The summed E-state index contributed by atoms with van der Waals surface area (Å²) in [7, 11) is 0. The minimum Gasteiger partial charge on any atom is -0.481 e. The Balaban J connectivity index is 2.96. The zero-order chi connectivity index (χ0) is 12.0. The van der Waals surface area contributed by atoms with Gasteiger partial charge in [-0.2, -0.15) is 10.5 Å². The minimum absolute atomic E-state index is 0.0515. The van der Waals surface area contributed by atoms with E-state index in [-0.39, 0.29) is 12.0 Å². The maximum Gasteiger partial charge on any atom is 0.307 e. The number of hydrogen-bond acceptors (Lipinski definition) is 3. The minimum atomic E-state index is -0.902. The van der Waals surface area contributed by atoms with Gasteiger partial charge in [-0.05, 0) is 11.1 Å². The number of nitriles is 2. The normalized spacial score (nSPS) is 10.2. The van der Waals surface area contributed by atoms with Crippen molar-refractivity contribution in [3.05, 3.63) is 41.5 Å². The number of benzene rings is 1. The average molecular weight is 212 g/mol. The molecule has 0 saturated carbocycles. The van der Waals surface area contributed by atoms with Crippen molar-refractivity contribution in [2.24, 2.45) is 0 Å². The van der Waals surface area contributed by atoms with Crippen LogP contribution in [-0.2, 0) is 11.2 Å². The molecule has 0 aliphatic carbocycles. The maximum atomic E-state index is 10.4. The first-order valence-corrected chi connectivity index (χ1v) is 4.48. The Labute approximate surface area is 92.7 Å². The van der Waals surface area contributed by atoms with Crippen LogP contribution >= 0.6 is 0 Å². The van der Waals surface area contributed by atoms with Crippen LogP contribution in [0.25, 0.3) is 5.57 Å². The summed E-state index contributed by atoms with van der Waals surface area (Å²) in [5.41, 5.74) is 1.54. The predicted molar refractivity (Wildman–Crippen MR) is 57.0 cm³/mol. The molecule has 4 nitrogen and oxygen atoms in total. The molecule has 1 rings (SSSR count). The lowest BCUT2D eigenvalue weighted by Gasteiger charge is -2.00. The molecule has 0 fully saturated rings. The van der Waals surface area contributed by atoms with Gasteiger partial charge in [0.1, 0.15) is 6.07 Å². The predicted octanol–water partition coefficient (Wildman–Crippen LogP) is 1.74. The van der Waals surface area contributed by atoms with Gasteiger partial charge < -0.3 is 5.11 Å². The number of rotatable bonds is 3. The third-order valence-electron chi connectivity index (χ3n) is 1.95. The summed E-state index contributed by atoms with van der Waals surface area (Å²) in [4.78, 5) is 10.4. The zero-order valence-corrected chi connectivity index (χ0v) is 8.34. The van der Waals surface area contributed by atoms with Crippen LogP contribution in [-0.4, -0.2) is 11.1 Å². The summed E-state index contributed by atoms with van der Waals surface area (Å²) in [6, 6.07) is 10.2. The second kappa shape index (κ2) is 5.33. The Morgan fingerprint density at radius 3 is 2.38 bits per heavy atom. The second-order valence-corrected chi connectivity index (χ2v) is 3.07. The van der Waals surface area contributed by atoms with Crippen LogP contribution in [0.2, 0.25) is 0 Å². The molecule has 0 amide bonds. The van der Waals surface area contributed by atoms with Gasteiger partial charge in [0.2, 0.25) is 0 Å². The Morgan fingerprint density at radius 2 is 1.94 bits per heavy atom. The summed E-state index contributed by atoms with van der Waals surface area (Å²) in [5.74, 6) is -0.902. The molecule has 0 aliphatic rings. The summed E-state index contributed by atoms with van der Waals surface area (Å²) in [5, 5.41) is 25.8. The van der Waals surface area contributed by atoms with Crippen molar-refractivity contribution < 1.29 is 9.90 Å². The highest BCUT2D eigenvalue weighted by atomic mass is 16.4. The van der Waals surface area contributed by atoms with Crippen LogP contribution in [0.15, 0.2) is 30.3 Å². The van der Waals surface area contributed by atoms with Crippen molar-refractivity contribution >= 4 is 11.5 Å². The Hall–Kier alpha value is -2.59. The standard InChI is InChI=1S/C12H8N2O2/c13-6-5-11(8-14)10-3-1-9(2-4-10)7-12(15)16/h1-5H,7H2,(H,15,16)/b11-5+. The van der Waals surface area contributed by atoms with Crippen molar-refractivity contribution in [2.45, 2.75) is 6.42 Å². The number of carbonyl (C=O) groups is 1.